The second kappa shape index (κ2) is 6.89. The Labute approximate surface area is 157 Å². The van der Waals surface area contributed by atoms with Crippen molar-refractivity contribution in [3.8, 4) is 0 Å². The maximum atomic E-state index is 12.7. The van der Waals surface area contributed by atoms with Crippen molar-refractivity contribution < 1.29 is 9.59 Å². The quantitative estimate of drug-likeness (QED) is 0.610. The molecule has 0 radical (unpaired) electrons. The largest absolute Gasteiger partial charge is 0.361 e. The molecule has 27 heavy (non-hydrogen) atoms. The van der Waals surface area contributed by atoms with Gasteiger partial charge in [0.05, 0.1) is 6.54 Å². The lowest BCUT2D eigenvalue weighted by Crippen LogP contribution is -2.32. The van der Waals surface area contributed by atoms with Crippen LogP contribution in [0.15, 0.2) is 54.7 Å². The normalized spacial score (nSPS) is 18.1. The predicted octanol–water partition coefficient (Wildman–Crippen LogP) is 2.85. The van der Waals surface area contributed by atoms with E-state index in [1.165, 1.54) is 4.90 Å². The molecule has 6 nitrogen and oxygen atoms in total. The van der Waals surface area contributed by atoms with Crippen LogP contribution < -0.4 is 11.1 Å². The number of nitrogens with one attached hydrogen (secondary N) is 2. The fraction of sp³-hybridized carbons (Fsp3) is 0.238. The topological polar surface area (TPSA) is 91.2 Å². The molecule has 1 aliphatic rings. The molecule has 138 valence electrons. The average molecular weight is 362 g/mol. The molecule has 0 spiro atoms. The van der Waals surface area contributed by atoms with Gasteiger partial charge in [-0.15, -0.1) is 0 Å². The lowest BCUT2D eigenvalue weighted by atomic mass is 10.0. The van der Waals surface area contributed by atoms with Gasteiger partial charge in [-0.2, -0.15) is 0 Å². The van der Waals surface area contributed by atoms with Crippen LogP contribution in [0.25, 0.3) is 10.9 Å². The number of nitrogens with two attached hydrogens (primary N) is 1. The van der Waals surface area contributed by atoms with E-state index < -0.39 is 6.04 Å². The van der Waals surface area contributed by atoms with Gasteiger partial charge in [-0.25, -0.2) is 4.79 Å². The fourth-order valence-corrected chi connectivity index (χ4v) is 3.56. The summed E-state index contributed by atoms with van der Waals surface area (Å²) in [6.45, 7) is 2.18. The molecule has 2 heterocycles. The van der Waals surface area contributed by atoms with Crippen LogP contribution in [0.5, 0.6) is 0 Å². The molecule has 2 atom stereocenters. The molecule has 4 N–H and O–H groups in total. The van der Waals surface area contributed by atoms with Gasteiger partial charge in [-0.05, 0) is 35.7 Å². The molecule has 4 rings (SSSR count). The lowest BCUT2D eigenvalue weighted by molar-refractivity contribution is -0.127. The zero-order valence-corrected chi connectivity index (χ0v) is 15.1. The number of hydrogen-bond donors (Lipinski definition) is 3. The Morgan fingerprint density at radius 1 is 1.11 bits per heavy atom. The number of carbonyl (C=O) groups excluding carboxylic acids is 2. The first-order valence-corrected chi connectivity index (χ1v) is 9.04. The molecule has 1 aromatic heterocycles. The molecule has 2 unspecified atom stereocenters. The maximum absolute atomic E-state index is 12.7. The van der Waals surface area contributed by atoms with Crippen LogP contribution in [0.4, 0.5) is 4.79 Å². The first-order chi connectivity index (χ1) is 13.0. The minimum atomic E-state index is -0.518. The number of aromatic nitrogens is 1. The second-order valence-electron chi connectivity index (χ2n) is 7.03. The van der Waals surface area contributed by atoms with Crippen molar-refractivity contribution in [2.45, 2.75) is 32.0 Å². The standard InChI is InChI=1S/C21H22N4O2/c1-13(22)17-11-23-18-8-7-15(9-16(17)18)12-25-20(26)19(24-21(25)27)10-14-5-3-2-4-6-14/h2-9,11,13,19,23H,10,12,22H2,1H3,(H,24,27). The first kappa shape index (κ1) is 17.3. The highest BCUT2D eigenvalue weighted by atomic mass is 16.2. The van der Waals surface area contributed by atoms with Crippen molar-refractivity contribution in [3.63, 3.8) is 0 Å². The van der Waals surface area contributed by atoms with Crippen LogP contribution in [0.3, 0.4) is 0 Å². The zero-order chi connectivity index (χ0) is 19.0. The lowest BCUT2D eigenvalue weighted by Gasteiger charge is -2.14. The summed E-state index contributed by atoms with van der Waals surface area (Å²) in [4.78, 5) is 29.6. The Balaban J connectivity index is 1.53. The summed E-state index contributed by atoms with van der Waals surface area (Å²) in [6, 6.07) is 14.6. The summed E-state index contributed by atoms with van der Waals surface area (Å²) in [5.74, 6) is -0.189. The monoisotopic (exact) mass is 362 g/mol. The molecule has 6 heteroatoms. The third kappa shape index (κ3) is 3.31. The van der Waals surface area contributed by atoms with Crippen LogP contribution in [0, 0.1) is 0 Å². The van der Waals surface area contributed by atoms with Gasteiger partial charge >= 0.3 is 6.03 Å². The molecule has 0 bridgehead atoms. The minimum Gasteiger partial charge on any atom is -0.361 e. The van der Waals surface area contributed by atoms with Gasteiger partial charge < -0.3 is 16.0 Å². The number of benzene rings is 2. The van der Waals surface area contributed by atoms with Crippen molar-refractivity contribution >= 4 is 22.8 Å². The highest BCUT2D eigenvalue weighted by Gasteiger charge is 2.37. The highest BCUT2D eigenvalue weighted by Crippen LogP contribution is 2.25. The Hall–Kier alpha value is -3.12. The van der Waals surface area contributed by atoms with Crippen molar-refractivity contribution in [2.75, 3.05) is 0 Å². The van der Waals surface area contributed by atoms with E-state index in [0.29, 0.717) is 6.42 Å². The number of amides is 3. The highest BCUT2D eigenvalue weighted by molar-refractivity contribution is 6.04. The number of rotatable bonds is 5. The first-order valence-electron chi connectivity index (χ1n) is 9.04. The summed E-state index contributed by atoms with van der Waals surface area (Å²) in [5.41, 5.74) is 9.95. The molecule has 3 amide bonds. The molecule has 3 aromatic rings. The molecular formula is C21H22N4O2. The van der Waals surface area contributed by atoms with E-state index in [2.05, 4.69) is 10.3 Å². The van der Waals surface area contributed by atoms with E-state index in [1.54, 1.807) is 0 Å². The SMILES string of the molecule is CC(N)c1c[nH]c2ccc(CN3C(=O)NC(Cc4ccccc4)C3=O)cc12. The van der Waals surface area contributed by atoms with E-state index >= 15 is 0 Å². The molecule has 1 saturated heterocycles. The van der Waals surface area contributed by atoms with Gasteiger partial charge in [0.2, 0.25) is 0 Å². The third-order valence-corrected chi connectivity index (χ3v) is 5.00. The second-order valence-corrected chi connectivity index (χ2v) is 7.03. The third-order valence-electron chi connectivity index (χ3n) is 5.00. The van der Waals surface area contributed by atoms with E-state index in [1.807, 2.05) is 61.7 Å². The van der Waals surface area contributed by atoms with Gasteiger partial charge in [0.1, 0.15) is 6.04 Å². The van der Waals surface area contributed by atoms with Crippen LogP contribution in [-0.4, -0.2) is 27.9 Å². The summed E-state index contributed by atoms with van der Waals surface area (Å²) in [5, 5.41) is 3.82. The van der Waals surface area contributed by atoms with Crippen molar-refractivity contribution in [3.05, 3.63) is 71.4 Å². The number of urea groups is 1. The van der Waals surface area contributed by atoms with Crippen molar-refractivity contribution in [2.24, 2.45) is 5.73 Å². The molecule has 1 fully saturated rings. The Kier molecular flexibility index (Phi) is 4.41. The predicted molar refractivity (Wildman–Crippen MR) is 104 cm³/mol. The number of hydrogen-bond acceptors (Lipinski definition) is 3. The molecule has 1 aliphatic heterocycles. The van der Waals surface area contributed by atoms with E-state index in [9.17, 15) is 9.59 Å². The Morgan fingerprint density at radius 2 is 1.89 bits per heavy atom. The summed E-state index contributed by atoms with van der Waals surface area (Å²) in [6.07, 6.45) is 2.40. The fourth-order valence-electron chi connectivity index (χ4n) is 3.56. The van der Waals surface area contributed by atoms with Crippen LogP contribution >= 0.6 is 0 Å². The summed E-state index contributed by atoms with van der Waals surface area (Å²) >= 11 is 0. The minimum absolute atomic E-state index is 0.0963. The molecule has 2 aromatic carbocycles. The van der Waals surface area contributed by atoms with Crippen LogP contribution in [0.2, 0.25) is 0 Å². The van der Waals surface area contributed by atoms with E-state index in [-0.39, 0.29) is 24.5 Å². The van der Waals surface area contributed by atoms with E-state index in [0.717, 1.165) is 27.6 Å². The number of imide groups is 1. The van der Waals surface area contributed by atoms with Gasteiger partial charge in [-0.3, -0.25) is 9.69 Å². The molecule has 0 saturated carbocycles. The van der Waals surface area contributed by atoms with Gasteiger partial charge in [0, 0.05) is 29.6 Å². The number of fused-ring (bicyclic) bond motifs is 1. The molecule has 0 aliphatic carbocycles. The number of aromatic amines is 1. The number of carbonyl (C=O) groups is 2. The van der Waals surface area contributed by atoms with Gasteiger partial charge in [0.25, 0.3) is 5.91 Å². The Morgan fingerprint density at radius 3 is 2.63 bits per heavy atom. The summed E-state index contributed by atoms with van der Waals surface area (Å²) < 4.78 is 0. The van der Waals surface area contributed by atoms with Gasteiger partial charge in [-0.1, -0.05) is 36.4 Å². The number of H-pyrrole nitrogens is 1. The van der Waals surface area contributed by atoms with E-state index in [4.69, 9.17) is 5.73 Å². The maximum Gasteiger partial charge on any atom is 0.325 e. The van der Waals surface area contributed by atoms with Gasteiger partial charge in [0.15, 0.2) is 0 Å². The van der Waals surface area contributed by atoms with Crippen molar-refractivity contribution in [1.82, 2.24) is 15.2 Å². The van der Waals surface area contributed by atoms with Crippen LogP contribution in [0.1, 0.15) is 29.7 Å². The smallest absolute Gasteiger partial charge is 0.325 e. The van der Waals surface area contributed by atoms with Crippen LogP contribution in [-0.2, 0) is 17.8 Å². The number of nitrogens with zero attached hydrogens (tertiary/aromatic N) is 1. The summed E-state index contributed by atoms with van der Waals surface area (Å²) in [7, 11) is 0. The molecular weight excluding hydrogens is 340 g/mol. The Bertz CT molecular complexity index is 994. The zero-order valence-electron chi connectivity index (χ0n) is 15.1. The average Bonchev–Trinajstić information content (AvgIpc) is 3.19. The van der Waals surface area contributed by atoms with Crippen molar-refractivity contribution in [1.29, 1.82) is 0 Å².